The van der Waals surface area contributed by atoms with E-state index in [2.05, 4.69) is 9.64 Å². The molecule has 1 unspecified atom stereocenters. The molecule has 3 rings (SSSR count). The minimum Gasteiger partial charge on any atom is -0.435 e. The third-order valence-electron chi connectivity index (χ3n) is 5.10. The van der Waals surface area contributed by atoms with Crippen LogP contribution in [0.3, 0.4) is 0 Å². The van der Waals surface area contributed by atoms with Gasteiger partial charge >= 0.3 is 6.61 Å². The number of rotatable bonds is 11. The fraction of sp³-hybridized carbons (Fsp3) is 0.280. The largest absolute Gasteiger partial charge is 0.435 e. The Labute approximate surface area is 181 Å². The van der Waals surface area contributed by atoms with Gasteiger partial charge in [-0.3, -0.25) is 4.90 Å². The highest BCUT2D eigenvalue weighted by Crippen LogP contribution is 2.31. The number of aliphatic hydroxyl groups excluding tert-OH is 2. The molecule has 0 amide bonds. The normalized spacial score (nSPS) is 12.5. The van der Waals surface area contributed by atoms with E-state index >= 15 is 0 Å². The fourth-order valence-electron chi connectivity index (χ4n) is 3.68. The van der Waals surface area contributed by atoms with E-state index in [0.717, 1.165) is 11.1 Å². The molecule has 2 N–H and O–H groups in total. The zero-order valence-electron chi connectivity index (χ0n) is 17.1. The van der Waals surface area contributed by atoms with Crippen LogP contribution in [0.15, 0.2) is 84.9 Å². The van der Waals surface area contributed by atoms with Crippen molar-refractivity contribution in [2.24, 2.45) is 0 Å². The molecule has 0 heterocycles. The van der Waals surface area contributed by atoms with Gasteiger partial charge in [-0.05, 0) is 35.2 Å². The van der Waals surface area contributed by atoms with Gasteiger partial charge in [0.1, 0.15) is 5.75 Å². The van der Waals surface area contributed by atoms with Gasteiger partial charge in [0, 0.05) is 19.7 Å². The van der Waals surface area contributed by atoms with Gasteiger partial charge in [0.15, 0.2) is 0 Å². The molecule has 4 nitrogen and oxygen atoms in total. The van der Waals surface area contributed by atoms with Crippen LogP contribution >= 0.6 is 0 Å². The predicted octanol–water partition coefficient (Wildman–Crippen LogP) is 4.80. The lowest BCUT2D eigenvalue weighted by Crippen LogP contribution is -2.34. The number of halogens is 2. The van der Waals surface area contributed by atoms with E-state index in [1.165, 1.54) is 12.1 Å². The Morgan fingerprint density at radius 3 is 1.81 bits per heavy atom. The molecule has 0 fully saturated rings. The van der Waals surface area contributed by atoms with Crippen molar-refractivity contribution in [1.82, 2.24) is 4.90 Å². The highest BCUT2D eigenvalue weighted by atomic mass is 19.3. The summed E-state index contributed by atoms with van der Waals surface area (Å²) in [4.78, 5) is 2.13. The molecule has 1 atom stereocenters. The molecule has 0 aliphatic carbocycles. The third kappa shape index (κ3) is 6.59. The van der Waals surface area contributed by atoms with Gasteiger partial charge in [-0.1, -0.05) is 72.8 Å². The number of benzene rings is 3. The molecule has 3 aromatic carbocycles. The average molecular weight is 427 g/mol. The summed E-state index contributed by atoms with van der Waals surface area (Å²) in [5, 5.41) is 20.3. The van der Waals surface area contributed by atoms with Crippen LogP contribution in [-0.2, 0) is 0 Å². The molecule has 3 aromatic rings. The van der Waals surface area contributed by atoms with E-state index < -0.39 is 12.7 Å². The van der Waals surface area contributed by atoms with Crippen molar-refractivity contribution in [1.29, 1.82) is 0 Å². The zero-order chi connectivity index (χ0) is 22.1. The van der Waals surface area contributed by atoms with Crippen LogP contribution in [-0.4, -0.2) is 41.4 Å². The summed E-state index contributed by atoms with van der Waals surface area (Å²) in [6.07, 6.45) is -0.279. The van der Waals surface area contributed by atoms with E-state index in [4.69, 9.17) is 0 Å². The molecule has 0 aliphatic rings. The Bertz CT molecular complexity index is 852. The minimum absolute atomic E-state index is 0.0442. The molecule has 0 aromatic heterocycles. The standard InChI is InChI=1S/C25H27F2NO3/c26-25(27)31-22-14-12-19(13-15-22)23(30)18-28(16-7-17-29)24(20-8-3-1-4-9-20)21-10-5-2-6-11-21/h1-6,8-15,23-25,29-30H,7,16-18H2. The maximum absolute atomic E-state index is 12.4. The van der Waals surface area contributed by atoms with Gasteiger partial charge in [-0.15, -0.1) is 0 Å². The predicted molar refractivity (Wildman–Crippen MR) is 116 cm³/mol. The number of hydrogen-bond donors (Lipinski definition) is 2. The molecule has 6 heteroatoms. The van der Waals surface area contributed by atoms with E-state index in [1.807, 2.05) is 60.7 Å². The summed E-state index contributed by atoms with van der Waals surface area (Å²) in [5.41, 5.74) is 2.77. The summed E-state index contributed by atoms with van der Waals surface area (Å²) in [7, 11) is 0. The summed E-state index contributed by atoms with van der Waals surface area (Å²) in [6.45, 7) is -1.96. The Morgan fingerprint density at radius 2 is 1.32 bits per heavy atom. The highest BCUT2D eigenvalue weighted by Gasteiger charge is 2.25. The summed E-state index contributed by atoms with van der Waals surface area (Å²) < 4.78 is 29.1. The van der Waals surface area contributed by atoms with Gasteiger partial charge in [0.25, 0.3) is 0 Å². The smallest absolute Gasteiger partial charge is 0.387 e. The third-order valence-corrected chi connectivity index (χ3v) is 5.10. The van der Waals surface area contributed by atoms with Crippen LogP contribution < -0.4 is 4.74 Å². The van der Waals surface area contributed by atoms with Crippen LogP contribution in [0, 0.1) is 0 Å². The lowest BCUT2D eigenvalue weighted by atomic mass is 9.96. The van der Waals surface area contributed by atoms with Crippen molar-refractivity contribution in [2.45, 2.75) is 25.2 Å². The lowest BCUT2D eigenvalue weighted by Gasteiger charge is -2.34. The Balaban J connectivity index is 1.86. The van der Waals surface area contributed by atoms with Crippen molar-refractivity contribution >= 4 is 0 Å². The molecule has 0 spiro atoms. The van der Waals surface area contributed by atoms with Crippen LogP contribution in [0.2, 0.25) is 0 Å². The number of hydrogen-bond acceptors (Lipinski definition) is 4. The molecule has 0 bridgehead atoms. The number of aliphatic hydroxyl groups is 2. The van der Waals surface area contributed by atoms with Gasteiger partial charge in [0.2, 0.25) is 0 Å². The number of ether oxygens (including phenoxy) is 1. The minimum atomic E-state index is -2.89. The second kappa shape index (κ2) is 11.6. The van der Waals surface area contributed by atoms with Gasteiger partial charge < -0.3 is 14.9 Å². The van der Waals surface area contributed by atoms with Crippen LogP contribution in [0.25, 0.3) is 0 Å². The van der Waals surface area contributed by atoms with Crippen molar-refractivity contribution < 1.29 is 23.7 Å². The zero-order valence-corrected chi connectivity index (χ0v) is 17.1. The number of nitrogens with zero attached hydrogens (tertiary/aromatic N) is 1. The average Bonchev–Trinajstić information content (AvgIpc) is 2.79. The van der Waals surface area contributed by atoms with Crippen molar-refractivity contribution in [2.75, 3.05) is 19.7 Å². The SMILES string of the molecule is OCCCN(CC(O)c1ccc(OC(F)F)cc1)C(c1ccccc1)c1ccccc1. The first-order valence-electron chi connectivity index (χ1n) is 10.3. The summed E-state index contributed by atoms with van der Waals surface area (Å²) in [6, 6.07) is 26.0. The first kappa shape index (κ1) is 22.9. The van der Waals surface area contributed by atoms with Crippen molar-refractivity contribution in [3.63, 3.8) is 0 Å². The molecule has 0 aliphatic heterocycles. The quantitative estimate of drug-likeness (QED) is 0.462. The molecular formula is C25H27F2NO3. The second-order valence-corrected chi connectivity index (χ2v) is 7.26. The molecule has 31 heavy (non-hydrogen) atoms. The topological polar surface area (TPSA) is 52.9 Å². The molecule has 164 valence electrons. The molecular weight excluding hydrogens is 400 g/mol. The van der Waals surface area contributed by atoms with Crippen LogP contribution in [0.4, 0.5) is 8.78 Å². The van der Waals surface area contributed by atoms with Gasteiger partial charge in [-0.2, -0.15) is 8.78 Å². The van der Waals surface area contributed by atoms with E-state index in [1.54, 1.807) is 12.1 Å². The van der Waals surface area contributed by atoms with Gasteiger partial charge in [-0.25, -0.2) is 0 Å². The number of alkyl halides is 2. The van der Waals surface area contributed by atoms with Crippen LogP contribution in [0.5, 0.6) is 5.75 Å². The van der Waals surface area contributed by atoms with Crippen LogP contribution in [0.1, 0.15) is 35.3 Å². The van der Waals surface area contributed by atoms with Gasteiger partial charge in [0.05, 0.1) is 12.1 Å². The Hall–Kier alpha value is -2.80. The second-order valence-electron chi connectivity index (χ2n) is 7.26. The Kier molecular flexibility index (Phi) is 8.53. The molecule has 0 radical (unpaired) electrons. The summed E-state index contributed by atoms with van der Waals surface area (Å²) >= 11 is 0. The highest BCUT2D eigenvalue weighted by molar-refractivity contribution is 5.33. The monoisotopic (exact) mass is 427 g/mol. The van der Waals surface area contributed by atoms with Crippen molar-refractivity contribution in [3.05, 3.63) is 102 Å². The summed E-state index contributed by atoms with van der Waals surface area (Å²) in [5.74, 6) is 0.0505. The molecule has 0 saturated carbocycles. The molecule has 0 saturated heterocycles. The van der Waals surface area contributed by atoms with E-state index in [0.29, 0.717) is 25.1 Å². The Morgan fingerprint density at radius 1 is 0.774 bits per heavy atom. The maximum atomic E-state index is 12.4. The fourth-order valence-corrected chi connectivity index (χ4v) is 3.68. The first-order valence-corrected chi connectivity index (χ1v) is 10.3. The maximum Gasteiger partial charge on any atom is 0.387 e. The van der Waals surface area contributed by atoms with Crippen molar-refractivity contribution in [3.8, 4) is 5.75 Å². The first-order chi connectivity index (χ1) is 15.1. The lowest BCUT2D eigenvalue weighted by molar-refractivity contribution is -0.0498. The van der Waals surface area contributed by atoms with E-state index in [-0.39, 0.29) is 18.4 Å². The van der Waals surface area contributed by atoms with E-state index in [9.17, 15) is 19.0 Å².